The van der Waals surface area contributed by atoms with Gasteiger partial charge in [-0.2, -0.15) is 0 Å². The Balaban J connectivity index is 2.20. The molecule has 2 unspecified atom stereocenters. The van der Waals surface area contributed by atoms with Crippen molar-refractivity contribution in [2.45, 2.75) is 33.6 Å². The first-order chi connectivity index (χ1) is 8.02. The van der Waals surface area contributed by atoms with Crippen LogP contribution in [-0.4, -0.2) is 23.6 Å². The Morgan fingerprint density at radius 3 is 2.59 bits per heavy atom. The topological polar surface area (TPSA) is 55.0 Å². The predicted molar refractivity (Wildman–Crippen MR) is 71.1 cm³/mol. The van der Waals surface area contributed by atoms with Gasteiger partial charge in [-0.05, 0) is 25.2 Å². The molecule has 0 aliphatic heterocycles. The highest BCUT2D eigenvalue weighted by Gasteiger charge is 2.33. The average Bonchev–Trinajstić information content (AvgIpc) is 2.97. The lowest BCUT2D eigenvalue weighted by molar-refractivity contribution is 0.714. The van der Waals surface area contributed by atoms with Crippen molar-refractivity contribution in [3.05, 3.63) is 11.4 Å². The van der Waals surface area contributed by atoms with E-state index in [1.807, 2.05) is 6.92 Å². The Hall–Kier alpha value is -1.32. The van der Waals surface area contributed by atoms with E-state index in [0.717, 1.165) is 42.0 Å². The minimum absolute atomic E-state index is 0.613. The van der Waals surface area contributed by atoms with Gasteiger partial charge < -0.3 is 10.6 Å². The summed E-state index contributed by atoms with van der Waals surface area (Å²) in [5.41, 5.74) is 6.93. The smallest absolute Gasteiger partial charge is 0.137 e. The van der Waals surface area contributed by atoms with Crippen LogP contribution in [0.15, 0.2) is 0 Å². The van der Waals surface area contributed by atoms with Gasteiger partial charge in [0.25, 0.3) is 0 Å². The summed E-state index contributed by atoms with van der Waals surface area (Å²) in [5.74, 6) is 4.12. The number of aromatic nitrogens is 2. The first-order valence-electron chi connectivity index (χ1n) is 6.37. The first kappa shape index (κ1) is 12.1. The minimum atomic E-state index is 0.613. The molecule has 0 amide bonds. The molecule has 0 radical (unpaired) electrons. The summed E-state index contributed by atoms with van der Waals surface area (Å²) in [7, 11) is 2.10. The third kappa shape index (κ3) is 2.51. The minimum Gasteiger partial charge on any atom is -0.383 e. The van der Waals surface area contributed by atoms with Crippen LogP contribution >= 0.6 is 0 Å². The van der Waals surface area contributed by atoms with Gasteiger partial charge in [-0.3, -0.25) is 0 Å². The first-order valence-corrected chi connectivity index (χ1v) is 6.37. The van der Waals surface area contributed by atoms with Crippen molar-refractivity contribution in [3.63, 3.8) is 0 Å². The molecule has 4 heteroatoms. The number of aryl methyl sites for hydroxylation is 1. The molecule has 0 bridgehead atoms. The molecule has 1 aromatic heterocycles. The van der Waals surface area contributed by atoms with Crippen LogP contribution in [0.2, 0.25) is 0 Å². The van der Waals surface area contributed by atoms with Gasteiger partial charge in [0.1, 0.15) is 17.5 Å². The number of hydrogen-bond donors (Lipinski definition) is 1. The van der Waals surface area contributed by atoms with Crippen molar-refractivity contribution in [3.8, 4) is 0 Å². The van der Waals surface area contributed by atoms with E-state index in [2.05, 4.69) is 35.8 Å². The van der Waals surface area contributed by atoms with Gasteiger partial charge in [0.15, 0.2) is 0 Å². The Labute approximate surface area is 103 Å². The molecule has 1 heterocycles. The number of nitrogens with zero attached hydrogens (tertiary/aromatic N) is 3. The van der Waals surface area contributed by atoms with Crippen molar-refractivity contribution in [2.75, 3.05) is 24.2 Å². The largest absolute Gasteiger partial charge is 0.383 e. The number of anilines is 2. The van der Waals surface area contributed by atoms with Crippen molar-refractivity contribution in [1.29, 1.82) is 0 Å². The zero-order chi connectivity index (χ0) is 12.6. The number of rotatable bonds is 4. The second-order valence-electron chi connectivity index (χ2n) is 5.18. The molecule has 1 aromatic rings. The maximum absolute atomic E-state index is 5.93. The van der Waals surface area contributed by atoms with Crippen LogP contribution in [0, 0.1) is 18.8 Å². The second kappa shape index (κ2) is 4.51. The summed E-state index contributed by atoms with van der Waals surface area (Å²) in [5, 5.41) is 0. The molecule has 1 aliphatic carbocycles. The summed E-state index contributed by atoms with van der Waals surface area (Å²) >= 11 is 0. The number of nitrogens with two attached hydrogens (primary N) is 1. The third-order valence-corrected chi connectivity index (χ3v) is 3.67. The zero-order valence-electron chi connectivity index (χ0n) is 11.2. The van der Waals surface area contributed by atoms with E-state index in [1.54, 1.807) is 0 Å². The lowest BCUT2D eigenvalue weighted by atomic mass is 10.2. The van der Waals surface area contributed by atoms with Crippen LogP contribution in [0.3, 0.4) is 0 Å². The molecule has 94 valence electrons. The normalized spacial score (nSPS) is 22.6. The van der Waals surface area contributed by atoms with Gasteiger partial charge in [0.05, 0.1) is 0 Å². The fourth-order valence-electron chi connectivity index (χ4n) is 2.19. The van der Waals surface area contributed by atoms with Gasteiger partial charge in [-0.15, -0.1) is 0 Å². The fraction of sp³-hybridized carbons (Fsp3) is 0.692. The van der Waals surface area contributed by atoms with Crippen molar-refractivity contribution in [2.24, 2.45) is 11.8 Å². The fourth-order valence-corrected chi connectivity index (χ4v) is 2.19. The van der Waals surface area contributed by atoms with Gasteiger partial charge in [0, 0.05) is 25.6 Å². The predicted octanol–water partition coefficient (Wildman–Crippen LogP) is 2.02. The molecular weight excluding hydrogens is 212 g/mol. The SMILES string of the molecule is CCc1nc(N)c(C)c(N(C)CC2CC2C)n1. The van der Waals surface area contributed by atoms with Crippen LogP contribution in [0.4, 0.5) is 11.6 Å². The molecule has 1 saturated carbocycles. The molecule has 1 aliphatic rings. The summed E-state index contributed by atoms with van der Waals surface area (Å²) < 4.78 is 0. The molecule has 0 aromatic carbocycles. The summed E-state index contributed by atoms with van der Waals surface area (Å²) in [6.07, 6.45) is 2.16. The number of hydrogen-bond acceptors (Lipinski definition) is 4. The van der Waals surface area contributed by atoms with Crippen molar-refractivity contribution in [1.82, 2.24) is 9.97 Å². The monoisotopic (exact) mass is 234 g/mol. The van der Waals surface area contributed by atoms with E-state index in [-0.39, 0.29) is 0 Å². The second-order valence-corrected chi connectivity index (χ2v) is 5.18. The molecule has 0 spiro atoms. The summed E-state index contributed by atoms with van der Waals surface area (Å²) in [6.45, 7) is 7.42. The van der Waals surface area contributed by atoms with E-state index in [1.165, 1.54) is 6.42 Å². The molecule has 2 rings (SSSR count). The van der Waals surface area contributed by atoms with Crippen LogP contribution in [0.25, 0.3) is 0 Å². The van der Waals surface area contributed by atoms with Crippen LogP contribution in [-0.2, 0) is 6.42 Å². The van der Waals surface area contributed by atoms with Crippen LogP contribution < -0.4 is 10.6 Å². The lowest BCUT2D eigenvalue weighted by Crippen LogP contribution is -2.24. The maximum atomic E-state index is 5.93. The van der Waals surface area contributed by atoms with Gasteiger partial charge >= 0.3 is 0 Å². The quantitative estimate of drug-likeness (QED) is 0.866. The van der Waals surface area contributed by atoms with Crippen molar-refractivity contribution >= 4 is 11.6 Å². The lowest BCUT2D eigenvalue weighted by Gasteiger charge is -2.21. The molecule has 2 atom stereocenters. The summed E-state index contributed by atoms with van der Waals surface area (Å²) in [6, 6.07) is 0. The maximum Gasteiger partial charge on any atom is 0.137 e. The van der Waals surface area contributed by atoms with Gasteiger partial charge in [-0.1, -0.05) is 13.8 Å². The van der Waals surface area contributed by atoms with E-state index in [4.69, 9.17) is 5.73 Å². The van der Waals surface area contributed by atoms with Gasteiger partial charge in [-0.25, -0.2) is 9.97 Å². The Morgan fingerprint density at radius 2 is 2.06 bits per heavy atom. The Morgan fingerprint density at radius 1 is 1.41 bits per heavy atom. The molecule has 2 N–H and O–H groups in total. The zero-order valence-corrected chi connectivity index (χ0v) is 11.2. The highest BCUT2D eigenvalue weighted by molar-refractivity contribution is 5.56. The third-order valence-electron chi connectivity index (χ3n) is 3.67. The highest BCUT2D eigenvalue weighted by atomic mass is 15.2. The van der Waals surface area contributed by atoms with E-state index >= 15 is 0 Å². The Bertz CT molecular complexity index is 416. The van der Waals surface area contributed by atoms with Crippen molar-refractivity contribution < 1.29 is 0 Å². The van der Waals surface area contributed by atoms with Gasteiger partial charge in [0.2, 0.25) is 0 Å². The molecule has 4 nitrogen and oxygen atoms in total. The molecule has 1 fully saturated rings. The number of nitrogen functional groups attached to an aromatic ring is 1. The average molecular weight is 234 g/mol. The standard InChI is InChI=1S/C13H22N4/c1-5-11-15-12(14)9(3)13(16-11)17(4)7-10-6-8(10)2/h8,10H,5-7H2,1-4H3,(H2,14,15,16). The van der Waals surface area contributed by atoms with E-state index in [9.17, 15) is 0 Å². The van der Waals surface area contributed by atoms with Crippen LogP contribution in [0.1, 0.15) is 31.7 Å². The summed E-state index contributed by atoms with van der Waals surface area (Å²) in [4.78, 5) is 11.1. The molecular formula is C13H22N4. The van der Waals surface area contributed by atoms with E-state index < -0.39 is 0 Å². The molecule has 0 saturated heterocycles. The van der Waals surface area contributed by atoms with E-state index in [0.29, 0.717) is 5.82 Å². The highest BCUT2D eigenvalue weighted by Crippen LogP contribution is 2.38. The van der Waals surface area contributed by atoms with Crippen LogP contribution in [0.5, 0.6) is 0 Å². The Kier molecular flexibility index (Phi) is 3.22. The molecule has 17 heavy (non-hydrogen) atoms.